The van der Waals surface area contributed by atoms with Crippen molar-refractivity contribution in [2.24, 2.45) is 0 Å². The van der Waals surface area contributed by atoms with Crippen molar-refractivity contribution in [3.63, 3.8) is 0 Å². The van der Waals surface area contributed by atoms with Gasteiger partial charge in [-0.15, -0.1) is 0 Å². The Balaban J connectivity index is 2.08. The van der Waals surface area contributed by atoms with Crippen molar-refractivity contribution < 1.29 is 4.79 Å². The lowest BCUT2D eigenvalue weighted by molar-refractivity contribution is -0.136. The van der Waals surface area contributed by atoms with E-state index in [0.717, 1.165) is 29.5 Å². The van der Waals surface area contributed by atoms with Crippen molar-refractivity contribution in [1.82, 2.24) is 10.2 Å². The van der Waals surface area contributed by atoms with Crippen molar-refractivity contribution in [1.29, 1.82) is 0 Å². The van der Waals surface area contributed by atoms with E-state index in [1.165, 1.54) is 0 Å². The molecule has 0 aliphatic carbocycles. The van der Waals surface area contributed by atoms with Gasteiger partial charge in [-0.05, 0) is 18.1 Å². The summed E-state index contributed by atoms with van der Waals surface area (Å²) in [5.74, 6) is 0.217. The van der Waals surface area contributed by atoms with Crippen LogP contribution in [0.15, 0.2) is 28.7 Å². The molecule has 1 atom stereocenters. The number of nitrogens with one attached hydrogen (secondary N) is 1. The van der Waals surface area contributed by atoms with Crippen molar-refractivity contribution >= 4 is 21.8 Å². The first-order valence-electron chi connectivity index (χ1n) is 5.98. The fourth-order valence-corrected chi connectivity index (χ4v) is 2.51. The number of benzene rings is 1. The largest absolute Gasteiger partial charge is 0.336 e. The van der Waals surface area contributed by atoms with Crippen molar-refractivity contribution in [2.75, 3.05) is 13.1 Å². The molecule has 1 aromatic rings. The normalized spacial score (nSPS) is 20.7. The second-order valence-corrected chi connectivity index (χ2v) is 5.12. The van der Waals surface area contributed by atoms with Crippen LogP contribution in [0.3, 0.4) is 0 Å². The van der Waals surface area contributed by atoms with E-state index < -0.39 is 0 Å². The fourth-order valence-electron chi connectivity index (χ4n) is 2.10. The summed E-state index contributed by atoms with van der Waals surface area (Å²) >= 11 is 3.52. The Morgan fingerprint density at radius 3 is 2.94 bits per heavy atom. The van der Waals surface area contributed by atoms with E-state index in [1.54, 1.807) is 0 Å². The Labute approximate surface area is 110 Å². The second-order valence-electron chi connectivity index (χ2n) is 4.27. The lowest BCUT2D eigenvalue weighted by atomic mass is 10.1. The molecule has 17 heavy (non-hydrogen) atoms. The van der Waals surface area contributed by atoms with E-state index in [2.05, 4.69) is 27.3 Å². The summed E-state index contributed by atoms with van der Waals surface area (Å²) in [7, 11) is 0. The van der Waals surface area contributed by atoms with Gasteiger partial charge in [0.05, 0.1) is 6.04 Å². The van der Waals surface area contributed by atoms with Gasteiger partial charge in [0.2, 0.25) is 5.91 Å². The summed E-state index contributed by atoms with van der Waals surface area (Å²) < 4.78 is 1.07. The molecule has 1 aromatic carbocycles. The third-order valence-corrected chi connectivity index (χ3v) is 3.88. The number of nitrogens with zero attached hydrogens (tertiary/aromatic N) is 1. The standard InChI is InChI=1S/C13H17BrN2O/c1-2-12-13(17)16(8-7-15-12)9-10-5-3-4-6-11(10)14/h3-6,12,15H,2,7-9H2,1H3. The van der Waals surface area contributed by atoms with Crippen molar-refractivity contribution in [3.8, 4) is 0 Å². The maximum atomic E-state index is 12.1. The lowest BCUT2D eigenvalue weighted by Crippen LogP contribution is -2.54. The Kier molecular flexibility index (Phi) is 4.18. The molecular weight excluding hydrogens is 280 g/mol. The molecule has 1 N–H and O–H groups in total. The minimum absolute atomic E-state index is 0.00811. The summed E-state index contributed by atoms with van der Waals surface area (Å²) in [6.07, 6.45) is 0.852. The van der Waals surface area contributed by atoms with Crippen molar-refractivity contribution in [3.05, 3.63) is 34.3 Å². The minimum Gasteiger partial charge on any atom is -0.336 e. The van der Waals surface area contributed by atoms with Crippen LogP contribution in [0.1, 0.15) is 18.9 Å². The molecule has 1 aliphatic heterocycles. The molecule has 0 bridgehead atoms. The van der Waals surface area contributed by atoms with Gasteiger partial charge >= 0.3 is 0 Å². The predicted octanol–water partition coefficient (Wildman–Crippen LogP) is 2.16. The first-order chi connectivity index (χ1) is 8.22. The minimum atomic E-state index is -0.00811. The van der Waals surface area contributed by atoms with Crippen LogP contribution in [0.2, 0.25) is 0 Å². The first-order valence-corrected chi connectivity index (χ1v) is 6.77. The van der Waals surface area contributed by atoms with Gasteiger partial charge in [0.1, 0.15) is 0 Å². The second kappa shape index (κ2) is 5.65. The molecule has 4 heteroatoms. The molecule has 2 rings (SSSR count). The van der Waals surface area contributed by atoms with Gasteiger partial charge in [0, 0.05) is 24.1 Å². The van der Waals surface area contributed by atoms with Crippen LogP contribution in [0, 0.1) is 0 Å². The number of carbonyl (C=O) groups excluding carboxylic acids is 1. The van der Waals surface area contributed by atoms with E-state index in [-0.39, 0.29) is 11.9 Å². The highest BCUT2D eigenvalue weighted by molar-refractivity contribution is 9.10. The number of rotatable bonds is 3. The van der Waals surface area contributed by atoms with Gasteiger partial charge < -0.3 is 10.2 Å². The van der Waals surface area contributed by atoms with Crippen LogP contribution < -0.4 is 5.32 Å². The molecular formula is C13H17BrN2O. The summed E-state index contributed by atoms with van der Waals surface area (Å²) in [6, 6.07) is 8.05. The zero-order valence-corrected chi connectivity index (χ0v) is 11.5. The molecule has 0 saturated carbocycles. The smallest absolute Gasteiger partial charge is 0.240 e. The SMILES string of the molecule is CCC1NCCN(Cc2ccccc2Br)C1=O. The number of piperazine rings is 1. The van der Waals surface area contributed by atoms with Gasteiger partial charge in [0.15, 0.2) is 0 Å². The number of hydrogen-bond donors (Lipinski definition) is 1. The van der Waals surface area contributed by atoms with Crippen LogP contribution in [-0.4, -0.2) is 29.9 Å². The molecule has 3 nitrogen and oxygen atoms in total. The zero-order chi connectivity index (χ0) is 12.3. The zero-order valence-electron chi connectivity index (χ0n) is 9.95. The Hall–Kier alpha value is -0.870. The number of amides is 1. The van der Waals surface area contributed by atoms with Crippen LogP contribution in [-0.2, 0) is 11.3 Å². The maximum absolute atomic E-state index is 12.1. The van der Waals surface area contributed by atoms with Gasteiger partial charge in [-0.2, -0.15) is 0 Å². The van der Waals surface area contributed by atoms with Crippen LogP contribution in [0.5, 0.6) is 0 Å². The summed E-state index contributed by atoms with van der Waals surface area (Å²) in [4.78, 5) is 14.1. The summed E-state index contributed by atoms with van der Waals surface area (Å²) in [5, 5.41) is 3.25. The molecule has 0 radical (unpaired) electrons. The van der Waals surface area contributed by atoms with Crippen LogP contribution >= 0.6 is 15.9 Å². The van der Waals surface area contributed by atoms with Gasteiger partial charge in [-0.3, -0.25) is 4.79 Å². The molecule has 0 spiro atoms. The average molecular weight is 297 g/mol. The highest BCUT2D eigenvalue weighted by Crippen LogP contribution is 2.19. The molecule has 1 amide bonds. The van der Waals surface area contributed by atoms with E-state index in [0.29, 0.717) is 6.54 Å². The topological polar surface area (TPSA) is 32.3 Å². The Morgan fingerprint density at radius 2 is 2.24 bits per heavy atom. The maximum Gasteiger partial charge on any atom is 0.240 e. The van der Waals surface area contributed by atoms with Gasteiger partial charge in [-0.1, -0.05) is 41.1 Å². The molecule has 1 heterocycles. The fraction of sp³-hybridized carbons (Fsp3) is 0.462. The number of carbonyl (C=O) groups is 1. The van der Waals surface area contributed by atoms with Crippen LogP contribution in [0.25, 0.3) is 0 Å². The first kappa shape index (κ1) is 12.6. The third kappa shape index (κ3) is 2.87. The Bertz CT molecular complexity index is 408. The van der Waals surface area contributed by atoms with Gasteiger partial charge in [-0.25, -0.2) is 0 Å². The monoisotopic (exact) mass is 296 g/mol. The molecule has 1 saturated heterocycles. The summed E-state index contributed by atoms with van der Waals surface area (Å²) in [6.45, 7) is 4.40. The molecule has 92 valence electrons. The number of hydrogen-bond acceptors (Lipinski definition) is 2. The third-order valence-electron chi connectivity index (χ3n) is 3.11. The highest BCUT2D eigenvalue weighted by Gasteiger charge is 2.26. The quantitative estimate of drug-likeness (QED) is 0.927. The van der Waals surface area contributed by atoms with E-state index in [9.17, 15) is 4.79 Å². The van der Waals surface area contributed by atoms with E-state index in [1.807, 2.05) is 30.0 Å². The average Bonchev–Trinajstić information content (AvgIpc) is 2.34. The Morgan fingerprint density at radius 1 is 1.47 bits per heavy atom. The van der Waals surface area contributed by atoms with Gasteiger partial charge in [0.25, 0.3) is 0 Å². The highest BCUT2D eigenvalue weighted by atomic mass is 79.9. The predicted molar refractivity (Wildman–Crippen MR) is 71.6 cm³/mol. The summed E-state index contributed by atoms with van der Waals surface area (Å²) in [5.41, 5.74) is 1.16. The molecule has 0 aromatic heterocycles. The van der Waals surface area contributed by atoms with E-state index >= 15 is 0 Å². The molecule has 1 unspecified atom stereocenters. The molecule has 1 aliphatic rings. The van der Waals surface area contributed by atoms with E-state index in [4.69, 9.17) is 0 Å². The number of halogens is 1. The van der Waals surface area contributed by atoms with Crippen LogP contribution in [0.4, 0.5) is 0 Å². The molecule has 1 fully saturated rings. The van der Waals surface area contributed by atoms with Crippen molar-refractivity contribution in [2.45, 2.75) is 25.9 Å². The lowest BCUT2D eigenvalue weighted by Gasteiger charge is -2.33.